The number of nitrogens with one attached hydrogen (secondary N) is 2. The summed E-state index contributed by atoms with van der Waals surface area (Å²) >= 11 is 0. The molecule has 0 radical (unpaired) electrons. The number of pyridine rings is 2. The van der Waals surface area contributed by atoms with E-state index in [0.29, 0.717) is 0 Å². The number of fused-ring (bicyclic) bond motifs is 20. The molecule has 0 aliphatic rings. The molecule has 0 aliphatic carbocycles. The van der Waals surface area contributed by atoms with Crippen molar-refractivity contribution in [3.05, 3.63) is 256 Å². The number of benzene rings is 8. The van der Waals surface area contributed by atoms with E-state index < -0.39 is 0 Å². The summed E-state index contributed by atoms with van der Waals surface area (Å²) in [5, 5.41) is 31.4. The van der Waals surface area contributed by atoms with E-state index in [1.807, 2.05) is 36.7 Å². The summed E-state index contributed by atoms with van der Waals surface area (Å²) in [5.41, 5.74) is 6.36. The predicted octanol–water partition coefficient (Wildman–Crippen LogP) is 15.3. The van der Waals surface area contributed by atoms with E-state index in [2.05, 4.69) is 224 Å². The largest absolute Gasteiger partial charge is 2.00 e. The van der Waals surface area contributed by atoms with Gasteiger partial charge in [0.1, 0.15) is 11.3 Å². The quantitative estimate of drug-likeness (QED) is 0.148. The maximum Gasteiger partial charge on any atom is 2.00 e. The molecule has 2 N–H and O–H groups in total. The zero-order chi connectivity index (χ0) is 47.8. The molecule has 8 aromatic carbocycles. The Morgan fingerprint density at radius 2 is 0.595 bits per heavy atom. The first kappa shape index (κ1) is 47.8. The van der Waals surface area contributed by atoms with Crippen molar-refractivity contribution in [2.75, 3.05) is 0 Å². The van der Waals surface area contributed by atoms with Gasteiger partial charge in [0.05, 0.1) is 0 Å². The van der Waals surface area contributed by atoms with Gasteiger partial charge < -0.3 is 29.2 Å². The van der Waals surface area contributed by atoms with Crippen LogP contribution in [0.1, 0.15) is 0 Å². The molecule has 74 heavy (non-hydrogen) atoms. The summed E-state index contributed by atoms with van der Waals surface area (Å²) in [5.74, 6) is 0. The van der Waals surface area contributed by atoms with Crippen LogP contribution in [-0.4, -0.2) is 39.2 Å². The minimum absolute atomic E-state index is 0. The summed E-state index contributed by atoms with van der Waals surface area (Å²) in [4.78, 5) is 9.83. The number of rotatable bonds is 0. The van der Waals surface area contributed by atoms with Gasteiger partial charge in [0, 0.05) is 45.0 Å². The van der Waals surface area contributed by atoms with Crippen LogP contribution in [0.5, 0.6) is 0 Å². The SMILES string of the molecule is [Pt+2].[Pt+2].[c-]1cc[nH]n1.[c-]1cc[nH]n1.[c-]1cccc2c3cccc4c5ccccc5c5ccccc5c5cccnc5n(c12)c43.[c-]1cccc2c3cccc4c5ccccc5c5ccccc5c5cccnc5n(c12)c43. The molecule has 0 aliphatic heterocycles. The first-order chi connectivity index (χ1) is 35.8. The summed E-state index contributed by atoms with van der Waals surface area (Å²) in [6.07, 6.45) is 12.3. The van der Waals surface area contributed by atoms with Gasteiger partial charge in [-0.1, -0.05) is 144 Å². The first-order valence-electron chi connectivity index (χ1n) is 23.7. The van der Waals surface area contributed by atoms with Gasteiger partial charge in [-0.2, -0.15) is 60.7 Å². The second-order valence-corrected chi connectivity index (χ2v) is 17.3. The molecule has 0 amide bonds. The Hall–Kier alpha value is -8.54. The normalized spacial score (nSPS) is 11.0. The molecule has 0 fully saturated rings. The van der Waals surface area contributed by atoms with Crippen LogP contribution in [0, 0.1) is 24.5 Å². The topological polar surface area (TPSA) is 92.0 Å². The molecule has 0 spiro atoms. The van der Waals surface area contributed by atoms with Crippen molar-refractivity contribution in [2.45, 2.75) is 0 Å². The molecule has 10 heteroatoms. The zero-order valence-corrected chi connectivity index (χ0v) is 43.8. The van der Waals surface area contributed by atoms with Crippen LogP contribution >= 0.6 is 0 Å². The Morgan fingerprint density at radius 3 is 0.919 bits per heavy atom. The zero-order valence-electron chi connectivity index (χ0n) is 39.3. The number of aromatic amines is 2. The maximum atomic E-state index is 4.91. The Morgan fingerprint density at radius 1 is 0.297 bits per heavy atom. The van der Waals surface area contributed by atoms with Gasteiger partial charge >= 0.3 is 42.1 Å². The number of para-hydroxylation sites is 4. The number of hydrogen-bond acceptors (Lipinski definition) is 4. The van der Waals surface area contributed by atoms with E-state index in [-0.39, 0.29) is 42.1 Å². The number of hydrogen-bond donors (Lipinski definition) is 2. The van der Waals surface area contributed by atoms with E-state index in [4.69, 9.17) is 9.97 Å². The Labute approximate surface area is 453 Å². The average molecular weight is 1310 g/mol. The summed E-state index contributed by atoms with van der Waals surface area (Å²) in [6, 6.07) is 79.2. The second kappa shape index (κ2) is 20.9. The van der Waals surface area contributed by atoms with Gasteiger partial charge in [-0.3, -0.25) is 0 Å². The van der Waals surface area contributed by atoms with Crippen molar-refractivity contribution in [1.82, 2.24) is 39.2 Å². The van der Waals surface area contributed by atoms with Gasteiger partial charge in [-0.05, 0) is 78.1 Å². The second-order valence-electron chi connectivity index (χ2n) is 17.3. The standard InChI is InChI=1S/2C29H17N2.2C3H3N2.2Pt/c2*1-3-11-21-19(9-1)20-10-2-4-12-22(20)26-16-8-18-30-29(26)31-27-17-6-5-13-23(27)25-15-7-14-24(21)28(25)31;2*1-2-4-5-3-1;;/h2*1-16,18H;2*1-2H,(H,4,5);;/q4*-1;2*+2. The number of aromatic nitrogens is 8. The van der Waals surface area contributed by atoms with E-state index >= 15 is 0 Å². The van der Waals surface area contributed by atoms with Crippen molar-refractivity contribution in [1.29, 1.82) is 0 Å². The van der Waals surface area contributed by atoms with E-state index in [9.17, 15) is 0 Å². The predicted molar refractivity (Wildman–Crippen MR) is 296 cm³/mol. The van der Waals surface area contributed by atoms with Gasteiger partial charge in [0.15, 0.2) is 0 Å². The number of H-pyrrole nitrogens is 2. The minimum Gasteiger partial charge on any atom is -0.382 e. The molecule has 356 valence electrons. The van der Waals surface area contributed by atoms with Crippen molar-refractivity contribution in [3.8, 4) is 0 Å². The molecular weight excluding hydrogens is 1270 g/mol. The van der Waals surface area contributed by atoms with Gasteiger partial charge in [0.2, 0.25) is 0 Å². The Bertz CT molecular complexity index is 4380. The van der Waals surface area contributed by atoms with Crippen LogP contribution in [0.2, 0.25) is 0 Å². The third-order valence-electron chi connectivity index (χ3n) is 13.4. The maximum absolute atomic E-state index is 4.91. The Kier molecular flexibility index (Phi) is 13.5. The molecule has 0 unspecified atom stereocenters. The summed E-state index contributed by atoms with van der Waals surface area (Å²) < 4.78 is 4.60. The molecule has 8 aromatic heterocycles. The van der Waals surface area contributed by atoms with Crippen LogP contribution in [0.25, 0.3) is 120 Å². The van der Waals surface area contributed by atoms with Gasteiger partial charge in [-0.25, -0.2) is 9.97 Å². The van der Waals surface area contributed by atoms with Crippen molar-refractivity contribution in [2.24, 2.45) is 0 Å². The molecule has 16 aromatic rings. The number of nitrogens with zero attached hydrogens (tertiary/aromatic N) is 6. The fourth-order valence-electron chi connectivity index (χ4n) is 10.5. The third-order valence-corrected chi connectivity index (χ3v) is 13.4. The monoisotopic (exact) mass is 1310 g/mol. The van der Waals surface area contributed by atoms with E-state index in [0.717, 1.165) is 33.1 Å². The molecule has 0 bridgehead atoms. The van der Waals surface area contributed by atoms with Crippen LogP contribution < -0.4 is 0 Å². The molecule has 8 heterocycles. The molecule has 0 saturated carbocycles. The van der Waals surface area contributed by atoms with Crippen LogP contribution in [-0.2, 0) is 42.1 Å². The van der Waals surface area contributed by atoms with Gasteiger partial charge in [-0.15, -0.1) is 35.6 Å². The van der Waals surface area contributed by atoms with Crippen molar-refractivity contribution < 1.29 is 42.1 Å². The van der Waals surface area contributed by atoms with E-state index in [1.165, 1.54) is 86.4 Å². The summed E-state index contributed by atoms with van der Waals surface area (Å²) in [7, 11) is 0. The fourth-order valence-corrected chi connectivity index (χ4v) is 10.5. The molecular formula is C64H40N8Pt2. The molecule has 8 nitrogen and oxygen atoms in total. The average Bonchev–Trinajstić information content (AvgIpc) is 4.33. The van der Waals surface area contributed by atoms with Crippen molar-refractivity contribution in [3.63, 3.8) is 0 Å². The first-order valence-corrected chi connectivity index (χ1v) is 23.7. The van der Waals surface area contributed by atoms with Gasteiger partial charge in [0.25, 0.3) is 0 Å². The summed E-state index contributed by atoms with van der Waals surface area (Å²) in [6.45, 7) is 0. The third kappa shape index (κ3) is 8.23. The molecule has 16 rings (SSSR count). The van der Waals surface area contributed by atoms with E-state index in [1.54, 1.807) is 24.5 Å². The van der Waals surface area contributed by atoms with Crippen LogP contribution in [0.3, 0.4) is 0 Å². The smallest absolute Gasteiger partial charge is 0.382 e. The molecule has 0 saturated heterocycles. The Balaban J connectivity index is 0.000000131. The van der Waals surface area contributed by atoms with Crippen molar-refractivity contribution >= 4 is 120 Å². The van der Waals surface area contributed by atoms with Crippen LogP contribution in [0.15, 0.2) is 231 Å². The molecule has 0 atom stereocenters. The van der Waals surface area contributed by atoms with Crippen LogP contribution in [0.4, 0.5) is 0 Å². The minimum atomic E-state index is 0. The fraction of sp³-hybridized carbons (Fsp3) is 0.